The molecule has 3 nitrogen and oxygen atoms in total. The molecule has 0 saturated heterocycles. The van der Waals surface area contributed by atoms with Crippen molar-refractivity contribution in [1.82, 2.24) is 0 Å². The van der Waals surface area contributed by atoms with Crippen LogP contribution < -0.4 is 5.73 Å². The van der Waals surface area contributed by atoms with Crippen LogP contribution in [0.5, 0.6) is 0 Å². The van der Waals surface area contributed by atoms with Gasteiger partial charge < -0.3 is 10.5 Å². The zero-order valence-electron chi connectivity index (χ0n) is 14.9. The lowest BCUT2D eigenvalue weighted by atomic mass is 9.98. The Balaban J connectivity index is 0. The van der Waals surface area contributed by atoms with E-state index in [1.165, 1.54) is 6.42 Å². The maximum Gasteiger partial charge on any atom is 0.309 e. The highest BCUT2D eigenvalue weighted by Gasteiger charge is 2.19. The van der Waals surface area contributed by atoms with Gasteiger partial charge in [0.15, 0.2) is 0 Å². The van der Waals surface area contributed by atoms with E-state index in [4.69, 9.17) is 10.5 Å². The first-order chi connectivity index (χ1) is 9.15. The monoisotopic (exact) mass is 287 g/mol. The fourth-order valence-corrected chi connectivity index (χ4v) is 1.56. The average molecular weight is 287 g/mol. The molecule has 122 valence electrons. The topological polar surface area (TPSA) is 52.3 Å². The predicted molar refractivity (Wildman–Crippen MR) is 87.5 cm³/mol. The van der Waals surface area contributed by atoms with E-state index < -0.39 is 0 Å². The Bertz CT molecular complexity index is 239. The van der Waals surface area contributed by atoms with E-state index >= 15 is 0 Å². The normalized spacial score (nSPS) is 15.3. The fraction of sp³-hybridized carbons (Fsp3) is 0.941. The zero-order valence-corrected chi connectivity index (χ0v) is 14.9. The molecule has 3 atom stereocenters. The maximum atomic E-state index is 11.3. The number of carbonyl (C=O) groups excluding carboxylic acids is 1. The molecule has 0 bridgehead atoms. The van der Waals surface area contributed by atoms with Gasteiger partial charge in [0, 0.05) is 0 Å². The quantitative estimate of drug-likeness (QED) is 0.712. The second-order valence-electron chi connectivity index (χ2n) is 6.66. The minimum absolute atomic E-state index is 0.0130. The molecule has 0 rings (SSSR count). The number of hydrogen-bond acceptors (Lipinski definition) is 3. The van der Waals surface area contributed by atoms with Crippen molar-refractivity contribution in [3.63, 3.8) is 0 Å². The molecule has 20 heavy (non-hydrogen) atoms. The molecule has 0 saturated carbocycles. The summed E-state index contributed by atoms with van der Waals surface area (Å²) >= 11 is 0. The van der Waals surface area contributed by atoms with Crippen LogP contribution >= 0.6 is 0 Å². The summed E-state index contributed by atoms with van der Waals surface area (Å²) in [6, 6.07) is 0. The van der Waals surface area contributed by atoms with E-state index in [0.717, 1.165) is 18.9 Å². The minimum Gasteiger partial charge on any atom is -0.462 e. The summed E-state index contributed by atoms with van der Waals surface area (Å²) in [5.41, 5.74) is 5.42. The van der Waals surface area contributed by atoms with E-state index in [2.05, 4.69) is 20.8 Å². The largest absolute Gasteiger partial charge is 0.462 e. The lowest BCUT2D eigenvalue weighted by molar-refractivity contribution is -0.154. The van der Waals surface area contributed by atoms with Gasteiger partial charge in [-0.3, -0.25) is 4.79 Å². The molecule has 0 spiro atoms. The molecule has 0 heterocycles. The Morgan fingerprint density at radius 1 is 1.05 bits per heavy atom. The molecular formula is C17H37NO2. The zero-order chi connectivity index (χ0) is 16.3. The van der Waals surface area contributed by atoms with Crippen LogP contribution in [0.4, 0.5) is 0 Å². The smallest absolute Gasteiger partial charge is 0.309 e. The SMILES string of the molecule is CC(C)CC(C)CN.CCC(C)OC(=O)C(C)C(C)C. The molecule has 3 unspecified atom stereocenters. The van der Waals surface area contributed by atoms with Gasteiger partial charge in [-0.05, 0) is 44.1 Å². The first kappa shape index (κ1) is 21.7. The third-order valence-corrected chi connectivity index (χ3v) is 3.54. The van der Waals surface area contributed by atoms with Crippen molar-refractivity contribution in [3.8, 4) is 0 Å². The summed E-state index contributed by atoms with van der Waals surface area (Å²) in [5.74, 6) is 1.81. The molecule has 0 aliphatic rings. The van der Waals surface area contributed by atoms with Gasteiger partial charge in [-0.2, -0.15) is 0 Å². The van der Waals surface area contributed by atoms with Crippen molar-refractivity contribution in [3.05, 3.63) is 0 Å². The summed E-state index contributed by atoms with van der Waals surface area (Å²) in [7, 11) is 0. The van der Waals surface area contributed by atoms with E-state index in [9.17, 15) is 4.79 Å². The van der Waals surface area contributed by atoms with Crippen LogP contribution in [-0.2, 0) is 9.53 Å². The summed E-state index contributed by atoms with van der Waals surface area (Å²) in [6.07, 6.45) is 2.20. The van der Waals surface area contributed by atoms with Crippen LogP contribution in [0.2, 0.25) is 0 Å². The number of esters is 1. The van der Waals surface area contributed by atoms with Gasteiger partial charge in [0.2, 0.25) is 0 Å². The molecule has 0 aliphatic carbocycles. The number of rotatable bonds is 7. The lowest BCUT2D eigenvalue weighted by Crippen LogP contribution is -2.23. The summed E-state index contributed by atoms with van der Waals surface area (Å²) in [4.78, 5) is 11.3. The third kappa shape index (κ3) is 12.5. The molecule has 0 aromatic rings. The highest BCUT2D eigenvalue weighted by atomic mass is 16.5. The number of ether oxygens (including phenoxy) is 1. The Morgan fingerprint density at radius 2 is 1.55 bits per heavy atom. The first-order valence-electron chi connectivity index (χ1n) is 8.06. The Kier molecular flexibility index (Phi) is 13.2. The van der Waals surface area contributed by atoms with E-state index in [0.29, 0.717) is 11.8 Å². The number of hydrogen-bond donors (Lipinski definition) is 1. The second-order valence-corrected chi connectivity index (χ2v) is 6.66. The van der Waals surface area contributed by atoms with Crippen molar-refractivity contribution in [2.24, 2.45) is 29.4 Å². The molecule has 0 amide bonds. The van der Waals surface area contributed by atoms with Crippen molar-refractivity contribution < 1.29 is 9.53 Å². The Morgan fingerprint density at radius 3 is 1.80 bits per heavy atom. The number of carbonyl (C=O) groups is 1. The second kappa shape index (κ2) is 12.2. The molecule has 0 aliphatic heterocycles. The van der Waals surface area contributed by atoms with Gasteiger partial charge in [-0.1, -0.05) is 48.5 Å². The van der Waals surface area contributed by atoms with Gasteiger partial charge in [-0.15, -0.1) is 0 Å². The standard InChI is InChI=1S/C10H20O2.C7H17N/c1-6-8(4)12-10(11)9(5)7(2)3;1-6(2)4-7(3)5-8/h7-9H,6H2,1-5H3;6-7H,4-5,8H2,1-3H3. The molecule has 3 heteroatoms. The van der Waals surface area contributed by atoms with Crippen LogP contribution in [0.1, 0.15) is 68.2 Å². The summed E-state index contributed by atoms with van der Waals surface area (Å²) in [6.45, 7) is 17.4. The highest BCUT2D eigenvalue weighted by Crippen LogP contribution is 2.13. The van der Waals surface area contributed by atoms with Crippen molar-refractivity contribution in [1.29, 1.82) is 0 Å². The Hall–Kier alpha value is -0.570. The van der Waals surface area contributed by atoms with Crippen LogP contribution in [0.3, 0.4) is 0 Å². The van der Waals surface area contributed by atoms with Gasteiger partial charge in [0.05, 0.1) is 12.0 Å². The van der Waals surface area contributed by atoms with Crippen LogP contribution in [0, 0.1) is 23.7 Å². The molecule has 0 fully saturated rings. The first-order valence-corrected chi connectivity index (χ1v) is 8.06. The molecular weight excluding hydrogens is 250 g/mol. The van der Waals surface area contributed by atoms with E-state index in [1.807, 2.05) is 34.6 Å². The van der Waals surface area contributed by atoms with Gasteiger partial charge in [0.1, 0.15) is 0 Å². The Labute approximate surface area is 126 Å². The van der Waals surface area contributed by atoms with Crippen molar-refractivity contribution in [2.45, 2.75) is 74.3 Å². The van der Waals surface area contributed by atoms with E-state index in [1.54, 1.807) is 0 Å². The number of nitrogens with two attached hydrogens (primary N) is 1. The third-order valence-electron chi connectivity index (χ3n) is 3.54. The average Bonchev–Trinajstić information content (AvgIpc) is 2.37. The molecule has 0 radical (unpaired) electrons. The van der Waals surface area contributed by atoms with Crippen LogP contribution in [-0.4, -0.2) is 18.6 Å². The molecule has 0 aromatic carbocycles. The maximum absolute atomic E-state index is 11.3. The van der Waals surface area contributed by atoms with E-state index in [-0.39, 0.29) is 18.0 Å². The van der Waals surface area contributed by atoms with Crippen LogP contribution in [0.15, 0.2) is 0 Å². The van der Waals surface area contributed by atoms with Gasteiger partial charge >= 0.3 is 5.97 Å². The van der Waals surface area contributed by atoms with Gasteiger partial charge in [-0.25, -0.2) is 0 Å². The molecule has 2 N–H and O–H groups in total. The minimum atomic E-state index is -0.0700. The van der Waals surface area contributed by atoms with Crippen molar-refractivity contribution in [2.75, 3.05) is 6.54 Å². The molecule has 0 aromatic heterocycles. The summed E-state index contributed by atoms with van der Waals surface area (Å²) < 4.78 is 5.18. The van der Waals surface area contributed by atoms with Crippen LogP contribution in [0.25, 0.3) is 0 Å². The predicted octanol–water partition coefficient (Wildman–Crippen LogP) is 4.25. The summed E-state index contributed by atoms with van der Waals surface area (Å²) in [5, 5.41) is 0. The lowest BCUT2D eigenvalue weighted by Gasteiger charge is -2.17. The fourth-order valence-electron chi connectivity index (χ4n) is 1.56. The van der Waals surface area contributed by atoms with Crippen molar-refractivity contribution >= 4 is 5.97 Å². The van der Waals surface area contributed by atoms with Gasteiger partial charge in [0.25, 0.3) is 0 Å². The highest BCUT2D eigenvalue weighted by molar-refractivity contribution is 5.72.